The molecule has 0 spiro atoms. The molecule has 0 aromatic heterocycles. The normalized spacial score (nSPS) is 11.7. The quantitative estimate of drug-likeness (QED) is 0.784. The van der Waals surface area contributed by atoms with Gasteiger partial charge in [0.25, 0.3) is 5.91 Å². The van der Waals surface area contributed by atoms with E-state index in [0.29, 0.717) is 5.56 Å². The summed E-state index contributed by atoms with van der Waals surface area (Å²) in [5, 5.41) is 2.47. The Hall–Kier alpha value is -1.84. The summed E-state index contributed by atoms with van der Waals surface area (Å²) in [6.45, 7) is 3.23. The summed E-state index contributed by atoms with van der Waals surface area (Å²) in [6.07, 6.45) is -0.872. The van der Waals surface area contributed by atoms with Gasteiger partial charge in [-0.1, -0.05) is 29.8 Å². The zero-order valence-corrected chi connectivity index (χ0v) is 9.61. The molecule has 0 heterocycles. The minimum Gasteiger partial charge on any atom is -0.447 e. The van der Waals surface area contributed by atoms with Crippen molar-refractivity contribution in [2.75, 3.05) is 7.05 Å². The zero-order valence-electron chi connectivity index (χ0n) is 9.61. The first-order chi connectivity index (χ1) is 7.54. The van der Waals surface area contributed by atoms with Crippen LogP contribution in [0.1, 0.15) is 24.2 Å². The number of esters is 1. The summed E-state index contributed by atoms with van der Waals surface area (Å²) in [5.41, 5.74) is 1.75. The molecule has 0 bridgehead atoms. The van der Waals surface area contributed by atoms with Crippen molar-refractivity contribution in [3.8, 4) is 0 Å². The maximum Gasteiger partial charge on any atom is 0.303 e. The fourth-order valence-electron chi connectivity index (χ4n) is 1.31. The number of carbonyl (C=O) groups is 2. The fraction of sp³-hybridized carbons (Fsp3) is 0.333. The Labute approximate surface area is 94.6 Å². The standard InChI is InChI=1S/C12H15NO3/c1-8-4-6-10(7-5-8)11(12(15)13-3)16-9(2)14/h4-7,11H,1-3H3,(H,13,15). The monoisotopic (exact) mass is 221 g/mol. The predicted molar refractivity (Wildman–Crippen MR) is 59.8 cm³/mol. The van der Waals surface area contributed by atoms with Crippen molar-refractivity contribution in [2.24, 2.45) is 0 Å². The summed E-state index contributed by atoms with van der Waals surface area (Å²) in [4.78, 5) is 22.5. The highest BCUT2D eigenvalue weighted by atomic mass is 16.5. The average molecular weight is 221 g/mol. The van der Waals surface area contributed by atoms with Gasteiger partial charge in [-0.25, -0.2) is 0 Å². The topological polar surface area (TPSA) is 55.4 Å². The minimum absolute atomic E-state index is 0.334. The van der Waals surface area contributed by atoms with E-state index in [9.17, 15) is 9.59 Å². The summed E-state index contributed by atoms with van der Waals surface area (Å²) in [5.74, 6) is -0.812. The molecule has 0 aliphatic heterocycles. The maximum absolute atomic E-state index is 11.5. The number of likely N-dealkylation sites (N-methyl/N-ethyl adjacent to an activating group) is 1. The molecule has 86 valence electrons. The van der Waals surface area contributed by atoms with Gasteiger partial charge in [-0.15, -0.1) is 0 Å². The lowest BCUT2D eigenvalue weighted by atomic mass is 10.1. The predicted octanol–water partition coefficient (Wildman–Crippen LogP) is 1.35. The third-order valence-electron chi connectivity index (χ3n) is 2.15. The van der Waals surface area contributed by atoms with Crippen LogP contribution < -0.4 is 5.32 Å². The molecule has 0 radical (unpaired) electrons. The van der Waals surface area contributed by atoms with Crippen LogP contribution in [0.2, 0.25) is 0 Å². The van der Waals surface area contributed by atoms with E-state index >= 15 is 0 Å². The second-order valence-electron chi connectivity index (χ2n) is 3.51. The highest BCUT2D eigenvalue weighted by molar-refractivity contribution is 5.84. The lowest BCUT2D eigenvalue weighted by molar-refractivity contribution is -0.154. The summed E-state index contributed by atoms with van der Waals surface area (Å²) in [7, 11) is 1.51. The molecule has 0 saturated carbocycles. The molecule has 0 fully saturated rings. The minimum atomic E-state index is -0.872. The largest absolute Gasteiger partial charge is 0.447 e. The van der Waals surface area contributed by atoms with Crippen LogP contribution in [0.4, 0.5) is 0 Å². The van der Waals surface area contributed by atoms with Crippen LogP contribution in [0, 0.1) is 6.92 Å². The number of benzene rings is 1. The Balaban J connectivity index is 2.96. The van der Waals surface area contributed by atoms with Gasteiger partial charge in [-0.3, -0.25) is 9.59 Å². The van der Waals surface area contributed by atoms with Gasteiger partial charge >= 0.3 is 5.97 Å². The Kier molecular flexibility index (Phi) is 4.05. The molecule has 1 N–H and O–H groups in total. The van der Waals surface area contributed by atoms with Crippen LogP contribution in [-0.2, 0) is 14.3 Å². The molecule has 16 heavy (non-hydrogen) atoms. The molecule has 4 heteroatoms. The fourth-order valence-corrected chi connectivity index (χ4v) is 1.31. The van der Waals surface area contributed by atoms with Crippen LogP contribution in [0.5, 0.6) is 0 Å². The van der Waals surface area contributed by atoms with Crippen molar-refractivity contribution < 1.29 is 14.3 Å². The second-order valence-corrected chi connectivity index (χ2v) is 3.51. The van der Waals surface area contributed by atoms with E-state index < -0.39 is 12.1 Å². The first-order valence-corrected chi connectivity index (χ1v) is 5.00. The summed E-state index contributed by atoms with van der Waals surface area (Å²) < 4.78 is 4.98. The highest BCUT2D eigenvalue weighted by Gasteiger charge is 2.22. The van der Waals surface area contributed by atoms with Crippen molar-refractivity contribution in [1.82, 2.24) is 5.32 Å². The number of hydrogen-bond donors (Lipinski definition) is 1. The van der Waals surface area contributed by atoms with Gasteiger partial charge in [0.05, 0.1) is 0 Å². The SMILES string of the molecule is CNC(=O)C(OC(C)=O)c1ccc(C)cc1. The first kappa shape index (κ1) is 12.2. The van der Waals surface area contributed by atoms with Crippen LogP contribution in [0.25, 0.3) is 0 Å². The molecule has 0 aliphatic carbocycles. The average Bonchev–Trinajstić information content (AvgIpc) is 2.26. The number of nitrogens with one attached hydrogen (secondary N) is 1. The third-order valence-corrected chi connectivity index (χ3v) is 2.15. The van der Waals surface area contributed by atoms with E-state index in [-0.39, 0.29) is 5.91 Å². The number of ether oxygens (including phenoxy) is 1. The van der Waals surface area contributed by atoms with E-state index in [0.717, 1.165) is 5.56 Å². The number of amides is 1. The van der Waals surface area contributed by atoms with E-state index in [1.165, 1.54) is 14.0 Å². The zero-order chi connectivity index (χ0) is 12.1. The third kappa shape index (κ3) is 3.08. The van der Waals surface area contributed by atoms with Crippen LogP contribution in [0.15, 0.2) is 24.3 Å². The van der Waals surface area contributed by atoms with Crippen molar-refractivity contribution >= 4 is 11.9 Å². The van der Waals surface area contributed by atoms with Gasteiger partial charge in [0.1, 0.15) is 0 Å². The molecule has 1 unspecified atom stereocenters. The lowest BCUT2D eigenvalue weighted by Crippen LogP contribution is -2.28. The number of carbonyl (C=O) groups excluding carboxylic acids is 2. The van der Waals surface area contributed by atoms with E-state index in [2.05, 4.69) is 5.32 Å². The molecular formula is C12H15NO3. The van der Waals surface area contributed by atoms with Crippen LogP contribution >= 0.6 is 0 Å². The van der Waals surface area contributed by atoms with Crippen molar-refractivity contribution in [3.63, 3.8) is 0 Å². The van der Waals surface area contributed by atoms with Gasteiger partial charge in [-0.2, -0.15) is 0 Å². The van der Waals surface area contributed by atoms with Crippen molar-refractivity contribution in [2.45, 2.75) is 20.0 Å². The molecular weight excluding hydrogens is 206 g/mol. The summed E-state index contributed by atoms with van der Waals surface area (Å²) in [6, 6.07) is 7.29. The Bertz CT molecular complexity index is 384. The molecule has 1 atom stereocenters. The number of aryl methyl sites for hydroxylation is 1. The highest BCUT2D eigenvalue weighted by Crippen LogP contribution is 2.18. The van der Waals surface area contributed by atoms with Crippen molar-refractivity contribution in [3.05, 3.63) is 35.4 Å². The molecule has 1 aromatic rings. The maximum atomic E-state index is 11.5. The second kappa shape index (κ2) is 5.30. The summed E-state index contributed by atoms with van der Waals surface area (Å²) >= 11 is 0. The van der Waals surface area contributed by atoms with Gasteiger partial charge in [0, 0.05) is 19.5 Å². The Morgan fingerprint density at radius 2 is 1.81 bits per heavy atom. The van der Waals surface area contributed by atoms with Crippen LogP contribution in [0.3, 0.4) is 0 Å². The molecule has 1 aromatic carbocycles. The Morgan fingerprint density at radius 1 is 1.25 bits per heavy atom. The van der Waals surface area contributed by atoms with Gasteiger partial charge in [0.2, 0.25) is 6.10 Å². The Morgan fingerprint density at radius 3 is 2.25 bits per heavy atom. The van der Waals surface area contributed by atoms with Crippen molar-refractivity contribution in [1.29, 1.82) is 0 Å². The molecule has 1 rings (SSSR count). The smallest absolute Gasteiger partial charge is 0.303 e. The van der Waals surface area contributed by atoms with Crippen LogP contribution in [-0.4, -0.2) is 18.9 Å². The van der Waals surface area contributed by atoms with E-state index in [4.69, 9.17) is 4.74 Å². The van der Waals surface area contributed by atoms with Gasteiger partial charge in [0.15, 0.2) is 0 Å². The molecule has 4 nitrogen and oxygen atoms in total. The number of hydrogen-bond acceptors (Lipinski definition) is 3. The first-order valence-electron chi connectivity index (χ1n) is 5.00. The molecule has 0 saturated heterocycles. The molecule has 1 amide bonds. The van der Waals surface area contributed by atoms with E-state index in [1.54, 1.807) is 12.1 Å². The lowest BCUT2D eigenvalue weighted by Gasteiger charge is -2.15. The molecule has 0 aliphatic rings. The van der Waals surface area contributed by atoms with Gasteiger partial charge < -0.3 is 10.1 Å². The van der Waals surface area contributed by atoms with E-state index in [1.807, 2.05) is 19.1 Å². The van der Waals surface area contributed by atoms with Gasteiger partial charge in [-0.05, 0) is 6.92 Å². The number of rotatable bonds is 3.